The number of halogens is 1. The molecule has 0 amide bonds. The van der Waals surface area contributed by atoms with Gasteiger partial charge < -0.3 is 10.5 Å². The minimum atomic E-state index is -0.363. The summed E-state index contributed by atoms with van der Waals surface area (Å²) in [6.07, 6.45) is 4.14. The van der Waals surface area contributed by atoms with E-state index in [1.54, 1.807) is 12.3 Å². The second kappa shape index (κ2) is 7.06. The van der Waals surface area contributed by atoms with Gasteiger partial charge in [0.15, 0.2) is 0 Å². The van der Waals surface area contributed by atoms with E-state index in [9.17, 15) is 4.39 Å². The Kier molecular flexibility index (Phi) is 5.14. The van der Waals surface area contributed by atoms with E-state index in [1.807, 2.05) is 6.92 Å². The van der Waals surface area contributed by atoms with Crippen molar-refractivity contribution in [1.29, 1.82) is 0 Å². The maximum Gasteiger partial charge on any atom is 0.221 e. The topological polar surface area (TPSA) is 65.4 Å². The Hall–Kier alpha value is -2.37. The van der Waals surface area contributed by atoms with Gasteiger partial charge in [-0.15, -0.1) is 0 Å². The van der Waals surface area contributed by atoms with E-state index in [4.69, 9.17) is 10.5 Å². The van der Waals surface area contributed by atoms with Crippen molar-refractivity contribution in [1.82, 2.24) is 9.66 Å². The van der Waals surface area contributed by atoms with Crippen LogP contribution in [0, 0.1) is 18.7 Å². The third kappa shape index (κ3) is 4.58. The van der Waals surface area contributed by atoms with E-state index in [1.165, 1.54) is 23.0 Å². The van der Waals surface area contributed by atoms with Crippen LogP contribution in [0.25, 0.3) is 0 Å². The first-order valence-corrected chi connectivity index (χ1v) is 7.23. The number of anilines is 1. The molecule has 5 nitrogen and oxygen atoms in total. The van der Waals surface area contributed by atoms with Crippen LogP contribution in [0.4, 0.5) is 10.3 Å². The highest BCUT2D eigenvalue weighted by molar-refractivity contribution is 5.80. The Bertz CT molecular complexity index is 664. The SMILES string of the molecule is Cc1cn(N=Cc2cc(F)cc(OCCC(C)C)c2)c(N)n1. The maximum absolute atomic E-state index is 13.6. The smallest absolute Gasteiger partial charge is 0.221 e. The van der Waals surface area contributed by atoms with Crippen LogP contribution in [0.3, 0.4) is 0 Å². The van der Waals surface area contributed by atoms with Crippen molar-refractivity contribution >= 4 is 12.2 Å². The average molecular weight is 304 g/mol. The van der Waals surface area contributed by atoms with E-state index in [-0.39, 0.29) is 5.82 Å². The lowest BCUT2D eigenvalue weighted by molar-refractivity contribution is 0.288. The molecule has 1 aromatic carbocycles. The van der Waals surface area contributed by atoms with Crippen LogP contribution in [-0.2, 0) is 0 Å². The summed E-state index contributed by atoms with van der Waals surface area (Å²) >= 11 is 0. The van der Waals surface area contributed by atoms with Gasteiger partial charge in [0.25, 0.3) is 0 Å². The van der Waals surface area contributed by atoms with Crippen molar-refractivity contribution < 1.29 is 9.13 Å². The van der Waals surface area contributed by atoms with E-state index in [2.05, 4.69) is 23.9 Å². The van der Waals surface area contributed by atoms with Crippen LogP contribution in [0.15, 0.2) is 29.5 Å². The van der Waals surface area contributed by atoms with E-state index in [0.717, 1.165) is 12.1 Å². The Morgan fingerprint density at radius 2 is 2.18 bits per heavy atom. The molecule has 1 heterocycles. The van der Waals surface area contributed by atoms with Crippen LogP contribution in [0.2, 0.25) is 0 Å². The first kappa shape index (κ1) is 16.0. The number of nitrogen functional groups attached to an aromatic ring is 1. The molecule has 0 radical (unpaired) electrons. The van der Waals surface area contributed by atoms with Crippen LogP contribution in [-0.4, -0.2) is 22.5 Å². The summed E-state index contributed by atoms with van der Waals surface area (Å²) in [6, 6.07) is 4.50. The zero-order chi connectivity index (χ0) is 16.1. The number of aryl methyl sites for hydroxylation is 1. The molecule has 0 saturated carbocycles. The molecular weight excluding hydrogens is 283 g/mol. The molecular formula is C16H21FN4O. The van der Waals surface area contributed by atoms with Gasteiger partial charge in [0.2, 0.25) is 5.95 Å². The number of rotatable bonds is 6. The van der Waals surface area contributed by atoms with Gasteiger partial charge in [0.05, 0.1) is 24.7 Å². The Labute approximate surface area is 129 Å². The molecule has 2 aromatic rings. The zero-order valence-electron chi connectivity index (χ0n) is 13.1. The van der Waals surface area contributed by atoms with E-state index >= 15 is 0 Å². The van der Waals surface area contributed by atoms with Gasteiger partial charge in [0.1, 0.15) is 11.6 Å². The number of nitrogens with two attached hydrogens (primary N) is 1. The fourth-order valence-electron chi connectivity index (χ4n) is 1.88. The maximum atomic E-state index is 13.6. The zero-order valence-corrected chi connectivity index (χ0v) is 13.1. The molecule has 118 valence electrons. The summed E-state index contributed by atoms with van der Waals surface area (Å²) in [7, 11) is 0. The molecule has 0 aliphatic heterocycles. The third-order valence-electron chi connectivity index (χ3n) is 3.02. The molecule has 0 spiro atoms. The minimum absolute atomic E-state index is 0.290. The van der Waals surface area contributed by atoms with Crippen LogP contribution < -0.4 is 10.5 Å². The first-order valence-electron chi connectivity index (χ1n) is 7.23. The summed E-state index contributed by atoms with van der Waals surface area (Å²) in [5.74, 6) is 0.968. The summed E-state index contributed by atoms with van der Waals surface area (Å²) in [6.45, 7) is 6.62. The van der Waals surface area contributed by atoms with Gasteiger partial charge in [-0.2, -0.15) is 5.10 Å². The number of imidazole rings is 1. The minimum Gasteiger partial charge on any atom is -0.493 e. The molecule has 0 atom stereocenters. The lowest BCUT2D eigenvalue weighted by Crippen LogP contribution is -2.02. The summed E-state index contributed by atoms with van der Waals surface area (Å²) < 4.78 is 20.7. The largest absolute Gasteiger partial charge is 0.493 e. The van der Waals surface area contributed by atoms with Crippen molar-refractivity contribution in [2.75, 3.05) is 12.3 Å². The molecule has 0 bridgehead atoms. The lowest BCUT2D eigenvalue weighted by Gasteiger charge is -2.08. The number of benzene rings is 1. The summed E-state index contributed by atoms with van der Waals surface area (Å²) in [5.41, 5.74) is 7.07. The number of aromatic nitrogens is 2. The molecule has 0 saturated heterocycles. The van der Waals surface area contributed by atoms with Crippen molar-refractivity contribution in [2.24, 2.45) is 11.0 Å². The molecule has 0 aliphatic carbocycles. The molecule has 0 fully saturated rings. The Morgan fingerprint density at radius 1 is 1.41 bits per heavy atom. The van der Waals surface area contributed by atoms with E-state index < -0.39 is 0 Å². The van der Waals surface area contributed by atoms with Crippen LogP contribution in [0.5, 0.6) is 5.75 Å². The van der Waals surface area contributed by atoms with Crippen molar-refractivity contribution in [3.8, 4) is 5.75 Å². The number of ether oxygens (including phenoxy) is 1. The van der Waals surface area contributed by atoms with Crippen LogP contribution >= 0.6 is 0 Å². The highest BCUT2D eigenvalue weighted by Gasteiger charge is 2.03. The van der Waals surface area contributed by atoms with Crippen molar-refractivity contribution in [3.05, 3.63) is 41.5 Å². The normalized spacial score (nSPS) is 11.5. The van der Waals surface area contributed by atoms with E-state index in [0.29, 0.717) is 29.8 Å². The molecule has 0 unspecified atom stereocenters. The monoisotopic (exact) mass is 304 g/mol. The Balaban J connectivity index is 2.10. The average Bonchev–Trinajstić information content (AvgIpc) is 2.74. The number of nitrogens with zero attached hydrogens (tertiary/aromatic N) is 3. The van der Waals surface area contributed by atoms with Crippen molar-refractivity contribution in [3.63, 3.8) is 0 Å². The van der Waals surface area contributed by atoms with Gasteiger partial charge in [-0.1, -0.05) is 13.8 Å². The second-order valence-electron chi connectivity index (χ2n) is 5.58. The van der Waals surface area contributed by atoms with Gasteiger partial charge in [-0.3, -0.25) is 0 Å². The quantitative estimate of drug-likeness (QED) is 0.833. The van der Waals surface area contributed by atoms with Gasteiger partial charge in [0, 0.05) is 11.6 Å². The van der Waals surface area contributed by atoms with Crippen molar-refractivity contribution in [2.45, 2.75) is 27.2 Å². The fourth-order valence-corrected chi connectivity index (χ4v) is 1.88. The number of hydrogen-bond acceptors (Lipinski definition) is 4. The molecule has 2 N–H and O–H groups in total. The molecule has 1 aromatic heterocycles. The predicted molar refractivity (Wildman–Crippen MR) is 85.7 cm³/mol. The fraction of sp³-hybridized carbons (Fsp3) is 0.375. The molecule has 0 aliphatic rings. The predicted octanol–water partition coefficient (Wildman–Crippen LogP) is 3.22. The Morgan fingerprint density at radius 3 is 2.82 bits per heavy atom. The lowest BCUT2D eigenvalue weighted by atomic mass is 10.1. The first-order chi connectivity index (χ1) is 10.4. The molecule has 22 heavy (non-hydrogen) atoms. The van der Waals surface area contributed by atoms with Gasteiger partial charge in [-0.05, 0) is 31.4 Å². The molecule has 2 rings (SSSR count). The number of hydrogen-bond donors (Lipinski definition) is 1. The van der Waals surface area contributed by atoms with Gasteiger partial charge >= 0.3 is 0 Å². The third-order valence-corrected chi connectivity index (χ3v) is 3.02. The molecule has 6 heteroatoms. The summed E-state index contributed by atoms with van der Waals surface area (Å²) in [5, 5.41) is 4.17. The van der Waals surface area contributed by atoms with Crippen LogP contribution in [0.1, 0.15) is 31.5 Å². The second-order valence-corrected chi connectivity index (χ2v) is 5.58. The van der Waals surface area contributed by atoms with Gasteiger partial charge in [-0.25, -0.2) is 14.1 Å². The standard InChI is InChI=1S/C16H21FN4O/c1-11(2)4-5-22-15-7-13(6-14(17)8-15)9-19-21-10-12(3)20-16(21)18/h6-11H,4-5H2,1-3H3,(H2,18,20). The summed E-state index contributed by atoms with van der Waals surface area (Å²) in [4.78, 5) is 4.04. The highest BCUT2D eigenvalue weighted by Crippen LogP contribution is 2.16. The highest BCUT2D eigenvalue weighted by atomic mass is 19.1.